The quantitative estimate of drug-likeness (QED) is 0.700. The van der Waals surface area contributed by atoms with Crippen LogP contribution in [0.4, 0.5) is 0 Å². The molecule has 1 unspecified atom stereocenters. The second kappa shape index (κ2) is 6.89. The van der Waals surface area contributed by atoms with Crippen molar-refractivity contribution in [3.05, 3.63) is 53.1 Å². The highest BCUT2D eigenvalue weighted by Gasteiger charge is 2.33. The molecule has 3 heterocycles. The minimum absolute atomic E-state index is 0.184. The van der Waals surface area contributed by atoms with E-state index in [1.54, 1.807) is 53.3 Å². The van der Waals surface area contributed by atoms with Crippen molar-refractivity contribution in [2.45, 2.75) is 6.04 Å². The number of halogens is 1. The molecule has 1 aromatic carbocycles. The van der Waals surface area contributed by atoms with E-state index < -0.39 is 6.04 Å². The van der Waals surface area contributed by atoms with Crippen LogP contribution in [0.15, 0.2) is 41.2 Å². The molecule has 1 aliphatic rings. The Hall–Kier alpha value is -2.71. The lowest BCUT2D eigenvalue weighted by atomic mass is 10.1. The van der Waals surface area contributed by atoms with Crippen LogP contribution in [0.3, 0.4) is 0 Å². The van der Waals surface area contributed by atoms with Crippen LogP contribution in [0.5, 0.6) is 0 Å². The molecule has 1 saturated heterocycles. The van der Waals surface area contributed by atoms with Crippen LogP contribution in [0.25, 0.3) is 11.5 Å². The van der Waals surface area contributed by atoms with Crippen LogP contribution in [0.2, 0.25) is 5.02 Å². The lowest BCUT2D eigenvalue weighted by Crippen LogP contribution is -2.44. The first-order valence-electron chi connectivity index (χ1n) is 8.09. The fraction of sp³-hybridized carbons (Fsp3) is 0.294. The molecule has 134 valence electrons. The summed E-state index contributed by atoms with van der Waals surface area (Å²) >= 11 is 6.18. The number of nitrogens with zero attached hydrogens (tertiary/aromatic N) is 5. The molecular formula is C17H16ClN5O3. The van der Waals surface area contributed by atoms with Crippen molar-refractivity contribution in [1.82, 2.24) is 24.8 Å². The Morgan fingerprint density at radius 3 is 2.96 bits per heavy atom. The Morgan fingerprint density at radius 1 is 1.35 bits per heavy atom. The zero-order valence-corrected chi connectivity index (χ0v) is 14.8. The molecule has 3 aromatic rings. The summed E-state index contributed by atoms with van der Waals surface area (Å²) in [4.78, 5) is 19.1. The van der Waals surface area contributed by atoms with Gasteiger partial charge in [-0.3, -0.25) is 9.48 Å². The molecule has 1 atom stereocenters. The number of rotatable bonds is 3. The Morgan fingerprint density at radius 2 is 2.19 bits per heavy atom. The molecule has 0 bridgehead atoms. The number of hydrogen-bond acceptors (Lipinski definition) is 6. The lowest BCUT2D eigenvalue weighted by molar-refractivity contribution is -0.00576. The molecule has 0 saturated carbocycles. The van der Waals surface area contributed by atoms with Gasteiger partial charge in [-0.25, -0.2) is 0 Å². The molecule has 1 fully saturated rings. The van der Waals surface area contributed by atoms with Crippen LogP contribution >= 0.6 is 11.6 Å². The number of hydrogen-bond donors (Lipinski definition) is 0. The topological polar surface area (TPSA) is 86.3 Å². The van der Waals surface area contributed by atoms with Crippen molar-refractivity contribution in [3.63, 3.8) is 0 Å². The van der Waals surface area contributed by atoms with Gasteiger partial charge in [0.1, 0.15) is 6.04 Å². The maximum absolute atomic E-state index is 13.0. The van der Waals surface area contributed by atoms with Crippen molar-refractivity contribution >= 4 is 17.5 Å². The Bertz CT molecular complexity index is 938. The predicted octanol–water partition coefficient (Wildman–Crippen LogP) is 2.34. The largest absolute Gasteiger partial charge is 0.377 e. The van der Waals surface area contributed by atoms with Gasteiger partial charge in [-0.1, -0.05) is 28.9 Å². The van der Waals surface area contributed by atoms with Gasteiger partial charge in [-0.05, 0) is 12.1 Å². The van der Waals surface area contributed by atoms with Crippen molar-refractivity contribution in [3.8, 4) is 11.5 Å². The second-order valence-electron chi connectivity index (χ2n) is 5.93. The fourth-order valence-corrected chi connectivity index (χ4v) is 3.09. The van der Waals surface area contributed by atoms with Gasteiger partial charge >= 0.3 is 0 Å². The summed E-state index contributed by atoms with van der Waals surface area (Å²) in [5.41, 5.74) is 1.16. The van der Waals surface area contributed by atoms with Crippen LogP contribution in [-0.4, -0.2) is 50.5 Å². The van der Waals surface area contributed by atoms with E-state index in [4.69, 9.17) is 20.9 Å². The summed E-state index contributed by atoms with van der Waals surface area (Å²) in [6.45, 7) is 1.16. The number of benzene rings is 1. The summed E-state index contributed by atoms with van der Waals surface area (Å²) in [5, 5.41) is 8.55. The molecule has 1 aliphatic heterocycles. The first kappa shape index (κ1) is 16.7. The van der Waals surface area contributed by atoms with E-state index in [2.05, 4.69) is 15.2 Å². The molecule has 0 aliphatic carbocycles. The zero-order valence-electron chi connectivity index (χ0n) is 14.0. The van der Waals surface area contributed by atoms with E-state index in [1.165, 1.54) is 0 Å². The van der Waals surface area contributed by atoms with E-state index in [-0.39, 0.29) is 5.91 Å². The van der Waals surface area contributed by atoms with Gasteiger partial charge in [0, 0.05) is 19.8 Å². The lowest BCUT2D eigenvalue weighted by Gasteiger charge is -2.33. The molecule has 8 nitrogen and oxygen atoms in total. The van der Waals surface area contributed by atoms with E-state index in [1.807, 2.05) is 0 Å². The Kier molecular flexibility index (Phi) is 4.44. The minimum Gasteiger partial charge on any atom is -0.377 e. The van der Waals surface area contributed by atoms with Crippen LogP contribution in [0, 0.1) is 0 Å². The standard InChI is InChI=1S/C17H16ClN5O3/c1-22-9-11(8-19-22)16-20-15(21-26-16)14-10-25-7-6-23(14)17(24)12-4-2-3-5-13(12)18/h2-5,8-9,14H,6-7,10H2,1H3. The maximum Gasteiger partial charge on any atom is 0.261 e. The van der Waals surface area contributed by atoms with Crippen molar-refractivity contribution in [2.24, 2.45) is 7.05 Å². The fourth-order valence-electron chi connectivity index (χ4n) is 2.87. The Balaban J connectivity index is 1.63. The highest BCUT2D eigenvalue weighted by Crippen LogP contribution is 2.28. The van der Waals surface area contributed by atoms with Crippen molar-refractivity contribution in [1.29, 1.82) is 0 Å². The third-order valence-electron chi connectivity index (χ3n) is 4.19. The molecular weight excluding hydrogens is 358 g/mol. The van der Waals surface area contributed by atoms with Crippen molar-refractivity contribution in [2.75, 3.05) is 19.8 Å². The first-order chi connectivity index (χ1) is 12.6. The smallest absolute Gasteiger partial charge is 0.261 e. The number of carbonyl (C=O) groups is 1. The predicted molar refractivity (Wildman–Crippen MR) is 92.5 cm³/mol. The highest BCUT2D eigenvalue weighted by molar-refractivity contribution is 6.33. The van der Waals surface area contributed by atoms with Gasteiger partial charge in [-0.2, -0.15) is 10.1 Å². The third-order valence-corrected chi connectivity index (χ3v) is 4.51. The summed E-state index contributed by atoms with van der Waals surface area (Å²) in [7, 11) is 1.81. The zero-order chi connectivity index (χ0) is 18.1. The average Bonchev–Trinajstić information content (AvgIpc) is 3.30. The number of carbonyl (C=O) groups excluding carboxylic acids is 1. The molecule has 4 rings (SSSR count). The van der Waals surface area contributed by atoms with Gasteiger partial charge < -0.3 is 14.2 Å². The number of amides is 1. The molecule has 9 heteroatoms. The number of aromatic nitrogens is 4. The highest BCUT2D eigenvalue weighted by atomic mass is 35.5. The van der Waals surface area contributed by atoms with Gasteiger partial charge in [0.05, 0.1) is 35.6 Å². The minimum atomic E-state index is -0.443. The Labute approximate surface area is 154 Å². The second-order valence-corrected chi connectivity index (χ2v) is 6.34. The molecule has 2 aromatic heterocycles. The summed E-state index contributed by atoms with van der Waals surface area (Å²) in [5.74, 6) is 0.560. The number of morpholine rings is 1. The van der Waals surface area contributed by atoms with Crippen LogP contribution in [0.1, 0.15) is 22.2 Å². The molecule has 0 radical (unpaired) electrons. The number of ether oxygens (including phenoxy) is 1. The van der Waals surface area contributed by atoms with Gasteiger partial charge in [0.2, 0.25) is 0 Å². The molecule has 0 N–H and O–H groups in total. The van der Waals surface area contributed by atoms with E-state index in [0.29, 0.717) is 47.6 Å². The average molecular weight is 374 g/mol. The molecule has 0 spiro atoms. The number of aryl methyl sites for hydroxylation is 1. The first-order valence-corrected chi connectivity index (χ1v) is 8.47. The van der Waals surface area contributed by atoms with Crippen LogP contribution in [-0.2, 0) is 11.8 Å². The summed E-state index contributed by atoms with van der Waals surface area (Å²) in [6, 6.07) is 6.52. The van der Waals surface area contributed by atoms with E-state index in [9.17, 15) is 4.79 Å². The van der Waals surface area contributed by atoms with E-state index in [0.717, 1.165) is 0 Å². The summed E-state index contributed by atoms with van der Waals surface area (Å²) in [6.07, 6.45) is 3.42. The van der Waals surface area contributed by atoms with Gasteiger partial charge in [0.15, 0.2) is 5.82 Å². The van der Waals surface area contributed by atoms with Crippen molar-refractivity contribution < 1.29 is 14.1 Å². The molecule has 1 amide bonds. The maximum atomic E-state index is 13.0. The van der Waals surface area contributed by atoms with Gasteiger partial charge in [0.25, 0.3) is 11.8 Å². The summed E-state index contributed by atoms with van der Waals surface area (Å²) < 4.78 is 12.5. The van der Waals surface area contributed by atoms with Gasteiger partial charge in [-0.15, -0.1) is 0 Å². The SMILES string of the molecule is Cn1cc(-c2nc(C3COCCN3C(=O)c3ccccc3Cl)no2)cn1. The van der Waals surface area contributed by atoms with E-state index >= 15 is 0 Å². The molecule has 26 heavy (non-hydrogen) atoms. The normalized spacial score (nSPS) is 17.5. The van der Waals surface area contributed by atoms with Crippen LogP contribution < -0.4 is 0 Å². The monoisotopic (exact) mass is 373 g/mol. The third kappa shape index (κ3) is 3.09.